The molecule has 3 heterocycles. The molecule has 1 atom stereocenters. The Balaban J connectivity index is 1.56. The normalized spacial score (nSPS) is 20.2. The molecule has 6 nitrogen and oxygen atoms in total. The predicted octanol–water partition coefficient (Wildman–Crippen LogP) is 3.57. The van der Waals surface area contributed by atoms with Crippen molar-refractivity contribution in [3.05, 3.63) is 33.1 Å². The average molecular weight is 375 g/mol. The van der Waals surface area contributed by atoms with Crippen LogP contribution in [0.15, 0.2) is 9.90 Å². The van der Waals surface area contributed by atoms with Crippen LogP contribution in [0.2, 0.25) is 0 Å². The Morgan fingerprint density at radius 1 is 1.35 bits per heavy atom. The first kappa shape index (κ1) is 17.7. The molecule has 0 aromatic carbocycles. The summed E-state index contributed by atoms with van der Waals surface area (Å²) < 4.78 is 10.6. The summed E-state index contributed by atoms with van der Waals surface area (Å²) in [5, 5.41) is 6.23. The van der Waals surface area contributed by atoms with Gasteiger partial charge in [-0.25, -0.2) is 0 Å². The summed E-state index contributed by atoms with van der Waals surface area (Å²) in [6.07, 6.45) is 8.16. The van der Waals surface area contributed by atoms with E-state index in [0.717, 1.165) is 43.5 Å². The molecule has 0 saturated carbocycles. The van der Waals surface area contributed by atoms with Crippen molar-refractivity contribution in [3.8, 4) is 0 Å². The number of ether oxygens (including phenoxy) is 1. The van der Waals surface area contributed by atoms with E-state index >= 15 is 0 Å². The molecule has 1 aliphatic carbocycles. The number of aromatic nitrogens is 2. The number of methoxy groups -OCH3 is 1. The fraction of sp³-hybridized carbons (Fsp3) is 0.632. The lowest BCUT2D eigenvalue weighted by Gasteiger charge is -2.33. The number of carbonyl (C=O) groups excluding carboxylic acids is 1. The molecule has 0 spiro atoms. The Morgan fingerprint density at radius 3 is 3.12 bits per heavy atom. The summed E-state index contributed by atoms with van der Waals surface area (Å²) in [4.78, 5) is 20.7. The van der Waals surface area contributed by atoms with E-state index in [1.54, 1.807) is 18.4 Å². The van der Waals surface area contributed by atoms with Crippen LogP contribution < -0.4 is 0 Å². The smallest absolute Gasteiger partial charge is 0.264 e. The number of nitrogens with zero attached hydrogens (tertiary/aromatic N) is 3. The van der Waals surface area contributed by atoms with Gasteiger partial charge in [-0.2, -0.15) is 4.98 Å². The largest absolute Gasteiger partial charge is 0.384 e. The molecule has 0 unspecified atom stereocenters. The number of amides is 1. The van der Waals surface area contributed by atoms with Gasteiger partial charge in [0, 0.05) is 20.1 Å². The van der Waals surface area contributed by atoms with Gasteiger partial charge in [0.15, 0.2) is 5.82 Å². The van der Waals surface area contributed by atoms with Gasteiger partial charge in [-0.05, 0) is 61.5 Å². The Morgan fingerprint density at radius 2 is 2.23 bits per heavy atom. The first-order valence-corrected chi connectivity index (χ1v) is 10.4. The minimum atomic E-state index is -0.110. The van der Waals surface area contributed by atoms with Crippen molar-refractivity contribution in [3.63, 3.8) is 0 Å². The SMILES string of the molecule is COCCc1noc([C@H]2CCCCN2C(=O)c2scc3c2CCCC3)n1. The lowest BCUT2D eigenvalue weighted by atomic mass is 9.93. The maximum absolute atomic E-state index is 13.3. The van der Waals surface area contributed by atoms with Gasteiger partial charge in [-0.3, -0.25) is 4.79 Å². The van der Waals surface area contributed by atoms with Gasteiger partial charge in [0.1, 0.15) is 6.04 Å². The van der Waals surface area contributed by atoms with Gasteiger partial charge in [-0.15, -0.1) is 11.3 Å². The molecule has 2 aromatic rings. The van der Waals surface area contributed by atoms with E-state index in [1.165, 1.54) is 24.0 Å². The van der Waals surface area contributed by atoms with Gasteiger partial charge in [0.2, 0.25) is 5.89 Å². The van der Waals surface area contributed by atoms with Gasteiger partial charge in [0.25, 0.3) is 5.91 Å². The third-order valence-corrected chi connectivity index (χ3v) is 6.42. The maximum Gasteiger partial charge on any atom is 0.264 e. The lowest BCUT2D eigenvalue weighted by molar-refractivity contribution is 0.0565. The summed E-state index contributed by atoms with van der Waals surface area (Å²) in [6, 6.07) is -0.110. The highest BCUT2D eigenvalue weighted by Crippen LogP contribution is 2.35. The Bertz CT molecular complexity index is 770. The molecule has 1 aliphatic heterocycles. The molecular weight excluding hydrogens is 350 g/mol. The van der Waals surface area contributed by atoms with Crippen LogP contribution in [0.25, 0.3) is 0 Å². The number of rotatable bonds is 5. The average Bonchev–Trinajstić information content (AvgIpc) is 3.33. The standard InChI is InChI=1S/C19H25N3O3S/c1-24-11-9-16-20-18(25-21-16)15-8-4-5-10-22(15)19(23)17-14-7-3-2-6-13(14)12-26-17/h12,15H,2-11H2,1H3/t15-/m1/s1. The van der Waals surface area contributed by atoms with Gasteiger partial charge in [-0.1, -0.05) is 5.16 Å². The molecule has 26 heavy (non-hydrogen) atoms. The molecule has 1 fully saturated rings. The number of carbonyl (C=O) groups is 1. The van der Waals surface area contributed by atoms with Crippen LogP contribution in [0.1, 0.15) is 70.7 Å². The Hall–Kier alpha value is -1.73. The topological polar surface area (TPSA) is 68.5 Å². The number of aryl methyl sites for hydroxylation is 1. The number of thiophene rings is 1. The molecular formula is C19H25N3O3S. The second-order valence-corrected chi connectivity index (χ2v) is 7.96. The highest BCUT2D eigenvalue weighted by molar-refractivity contribution is 7.12. The quantitative estimate of drug-likeness (QED) is 0.799. The van der Waals surface area contributed by atoms with E-state index in [2.05, 4.69) is 15.5 Å². The summed E-state index contributed by atoms with van der Waals surface area (Å²) in [5.41, 5.74) is 2.65. The number of piperidine rings is 1. The van der Waals surface area contributed by atoms with Crippen molar-refractivity contribution in [2.45, 2.75) is 57.4 Å². The highest BCUT2D eigenvalue weighted by Gasteiger charge is 2.34. The number of fused-ring (bicyclic) bond motifs is 1. The molecule has 1 saturated heterocycles. The van der Waals surface area contributed by atoms with E-state index in [1.807, 2.05) is 4.90 Å². The molecule has 0 bridgehead atoms. The van der Waals surface area contributed by atoms with Crippen LogP contribution in [0.4, 0.5) is 0 Å². The fourth-order valence-corrected chi connectivity index (χ4v) is 5.07. The summed E-state index contributed by atoms with van der Waals surface area (Å²) in [5.74, 6) is 1.35. The van der Waals surface area contributed by atoms with Crippen molar-refractivity contribution < 1.29 is 14.1 Å². The van der Waals surface area contributed by atoms with Crippen molar-refractivity contribution >= 4 is 17.2 Å². The van der Waals surface area contributed by atoms with Crippen molar-refractivity contribution in [2.75, 3.05) is 20.3 Å². The van der Waals surface area contributed by atoms with Gasteiger partial charge >= 0.3 is 0 Å². The monoisotopic (exact) mass is 375 g/mol. The Kier molecular flexibility index (Phi) is 5.36. The number of hydrogen-bond acceptors (Lipinski definition) is 6. The zero-order valence-electron chi connectivity index (χ0n) is 15.2. The van der Waals surface area contributed by atoms with Crippen LogP contribution in [0.3, 0.4) is 0 Å². The van der Waals surface area contributed by atoms with Crippen LogP contribution in [0.5, 0.6) is 0 Å². The third-order valence-electron chi connectivity index (χ3n) is 5.36. The van der Waals surface area contributed by atoms with E-state index in [-0.39, 0.29) is 11.9 Å². The minimum Gasteiger partial charge on any atom is -0.384 e. The second kappa shape index (κ2) is 7.88. The van der Waals surface area contributed by atoms with Gasteiger partial charge in [0.05, 0.1) is 11.5 Å². The van der Waals surface area contributed by atoms with Crippen molar-refractivity contribution in [1.82, 2.24) is 15.0 Å². The predicted molar refractivity (Wildman–Crippen MR) is 98.5 cm³/mol. The van der Waals surface area contributed by atoms with E-state index in [4.69, 9.17) is 9.26 Å². The Labute approximate surface area is 157 Å². The second-order valence-electron chi connectivity index (χ2n) is 7.08. The maximum atomic E-state index is 13.3. The van der Waals surface area contributed by atoms with E-state index < -0.39 is 0 Å². The fourth-order valence-electron chi connectivity index (χ4n) is 3.96. The summed E-state index contributed by atoms with van der Waals surface area (Å²) >= 11 is 1.61. The third kappa shape index (κ3) is 3.42. The molecule has 2 aromatic heterocycles. The highest BCUT2D eigenvalue weighted by atomic mass is 32.1. The molecule has 4 rings (SSSR count). The van der Waals surface area contributed by atoms with Crippen molar-refractivity contribution in [2.24, 2.45) is 0 Å². The van der Waals surface area contributed by atoms with E-state index in [0.29, 0.717) is 24.7 Å². The van der Waals surface area contributed by atoms with Crippen LogP contribution >= 0.6 is 11.3 Å². The zero-order chi connectivity index (χ0) is 17.9. The molecule has 0 radical (unpaired) electrons. The number of hydrogen-bond donors (Lipinski definition) is 0. The molecule has 140 valence electrons. The first-order valence-electron chi connectivity index (χ1n) is 9.49. The van der Waals surface area contributed by atoms with Crippen LogP contribution in [0, 0.1) is 0 Å². The number of likely N-dealkylation sites (tertiary alicyclic amines) is 1. The van der Waals surface area contributed by atoms with Crippen LogP contribution in [-0.4, -0.2) is 41.2 Å². The first-order chi connectivity index (χ1) is 12.8. The van der Waals surface area contributed by atoms with Crippen LogP contribution in [-0.2, 0) is 24.0 Å². The molecule has 7 heteroatoms. The molecule has 1 amide bonds. The molecule has 0 N–H and O–H groups in total. The van der Waals surface area contributed by atoms with Gasteiger partial charge < -0.3 is 14.2 Å². The molecule has 2 aliphatic rings. The lowest BCUT2D eigenvalue weighted by Crippen LogP contribution is -2.38. The van der Waals surface area contributed by atoms with E-state index in [9.17, 15) is 4.79 Å². The van der Waals surface area contributed by atoms with Crippen molar-refractivity contribution in [1.29, 1.82) is 0 Å². The zero-order valence-corrected chi connectivity index (χ0v) is 16.0. The summed E-state index contributed by atoms with van der Waals surface area (Å²) in [7, 11) is 1.66. The minimum absolute atomic E-state index is 0.110. The summed E-state index contributed by atoms with van der Waals surface area (Å²) in [6.45, 7) is 1.32.